The van der Waals surface area contributed by atoms with Crippen molar-refractivity contribution in [2.75, 3.05) is 12.8 Å². The third-order valence-corrected chi connectivity index (χ3v) is 3.94. The van der Waals surface area contributed by atoms with Crippen molar-refractivity contribution in [3.63, 3.8) is 0 Å². The summed E-state index contributed by atoms with van der Waals surface area (Å²) in [4.78, 5) is 6.63. The first-order chi connectivity index (χ1) is 7.25. The molecule has 0 spiro atoms. The maximum Gasteiger partial charge on any atom is 0.260 e. The second-order valence-corrected chi connectivity index (χ2v) is 4.64. The van der Waals surface area contributed by atoms with E-state index in [4.69, 9.17) is 10.3 Å². The standard InChI is InChI=1S/C10H16N4O/c1-14-6-2-4-7(8(14)5-3-6)9-12-10(11)13-15-9/h6-8H,2-5H2,1H3,(H2,11,13)/t6-,7-,8-/m1/s1. The molecule has 0 amide bonds. The predicted octanol–water partition coefficient (Wildman–Crippen LogP) is 0.992. The van der Waals surface area contributed by atoms with Crippen LogP contribution in [0.3, 0.4) is 0 Å². The molecule has 1 aromatic rings. The highest BCUT2D eigenvalue weighted by Crippen LogP contribution is 2.42. The molecule has 3 rings (SSSR count). The Kier molecular flexibility index (Phi) is 1.95. The van der Waals surface area contributed by atoms with Crippen molar-refractivity contribution in [2.45, 2.75) is 43.7 Å². The zero-order valence-electron chi connectivity index (χ0n) is 8.89. The van der Waals surface area contributed by atoms with Crippen LogP contribution in [0.1, 0.15) is 37.5 Å². The van der Waals surface area contributed by atoms with Crippen molar-refractivity contribution < 1.29 is 4.52 Å². The van der Waals surface area contributed by atoms with Crippen LogP contribution < -0.4 is 5.73 Å². The van der Waals surface area contributed by atoms with E-state index in [1.165, 1.54) is 19.3 Å². The highest BCUT2D eigenvalue weighted by atomic mass is 16.5. The first kappa shape index (κ1) is 9.15. The molecule has 5 heteroatoms. The Bertz CT molecular complexity index is 364. The number of piperidine rings is 1. The summed E-state index contributed by atoms with van der Waals surface area (Å²) < 4.78 is 5.19. The number of rotatable bonds is 1. The molecule has 0 unspecified atom stereocenters. The van der Waals surface area contributed by atoms with E-state index >= 15 is 0 Å². The van der Waals surface area contributed by atoms with E-state index in [0.29, 0.717) is 12.0 Å². The molecule has 2 N–H and O–H groups in total. The Hall–Kier alpha value is -1.10. The smallest absolute Gasteiger partial charge is 0.260 e. The number of nitrogens with two attached hydrogens (primary N) is 1. The van der Waals surface area contributed by atoms with E-state index in [2.05, 4.69) is 22.1 Å². The number of aromatic nitrogens is 2. The van der Waals surface area contributed by atoms with Gasteiger partial charge in [0.2, 0.25) is 5.89 Å². The molecule has 82 valence electrons. The molecular weight excluding hydrogens is 192 g/mol. The number of hydrogen-bond donors (Lipinski definition) is 1. The molecule has 3 atom stereocenters. The zero-order chi connectivity index (χ0) is 10.4. The van der Waals surface area contributed by atoms with Crippen LogP contribution >= 0.6 is 0 Å². The Labute approximate surface area is 88.6 Å². The van der Waals surface area contributed by atoms with Crippen LogP contribution in [-0.2, 0) is 0 Å². The number of nitrogen functional groups attached to an aromatic ring is 1. The summed E-state index contributed by atoms with van der Waals surface area (Å²) in [6.45, 7) is 0. The highest BCUT2D eigenvalue weighted by Gasteiger charge is 2.42. The number of fused-ring (bicyclic) bond motifs is 2. The highest BCUT2D eigenvalue weighted by molar-refractivity contribution is 5.15. The van der Waals surface area contributed by atoms with E-state index in [1.807, 2.05) is 0 Å². The van der Waals surface area contributed by atoms with Crippen LogP contribution in [0.2, 0.25) is 0 Å². The van der Waals surface area contributed by atoms with Gasteiger partial charge in [-0.25, -0.2) is 0 Å². The van der Waals surface area contributed by atoms with Gasteiger partial charge in [0.05, 0.1) is 5.92 Å². The topological polar surface area (TPSA) is 68.2 Å². The monoisotopic (exact) mass is 208 g/mol. The van der Waals surface area contributed by atoms with Gasteiger partial charge >= 0.3 is 0 Å². The van der Waals surface area contributed by atoms with Gasteiger partial charge in [0.15, 0.2) is 0 Å². The molecule has 5 nitrogen and oxygen atoms in total. The Balaban J connectivity index is 1.87. The second-order valence-electron chi connectivity index (χ2n) is 4.64. The van der Waals surface area contributed by atoms with E-state index < -0.39 is 0 Å². The van der Waals surface area contributed by atoms with Crippen molar-refractivity contribution in [3.8, 4) is 0 Å². The van der Waals surface area contributed by atoms with Gasteiger partial charge in [0.25, 0.3) is 5.95 Å². The minimum atomic E-state index is 0.257. The van der Waals surface area contributed by atoms with Crippen LogP contribution in [0.25, 0.3) is 0 Å². The van der Waals surface area contributed by atoms with Gasteiger partial charge in [0, 0.05) is 12.1 Å². The lowest BCUT2D eigenvalue weighted by Crippen LogP contribution is -2.40. The van der Waals surface area contributed by atoms with Gasteiger partial charge in [0.1, 0.15) is 0 Å². The maximum atomic E-state index is 5.49. The first-order valence-corrected chi connectivity index (χ1v) is 5.56. The summed E-state index contributed by atoms with van der Waals surface area (Å²) in [5, 5.41) is 3.67. The minimum Gasteiger partial charge on any atom is -0.365 e. The molecule has 0 saturated carbocycles. The molecular formula is C10H16N4O. The SMILES string of the molecule is CN1[C@H]2CC[C@@H]1[C@H](c1nc(N)no1)CC2. The predicted molar refractivity (Wildman–Crippen MR) is 55.3 cm³/mol. The van der Waals surface area contributed by atoms with Crippen molar-refractivity contribution in [3.05, 3.63) is 5.89 Å². The van der Waals surface area contributed by atoms with Crippen molar-refractivity contribution in [1.82, 2.24) is 15.0 Å². The average Bonchev–Trinajstić information content (AvgIpc) is 2.72. The molecule has 0 aliphatic carbocycles. The molecule has 3 heterocycles. The fraction of sp³-hybridized carbons (Fsp3) is 0.800. The van der Waals surface area contributed by atoms with Crippen LogP contribution in [-0.4, -0.2) is 34.2 Å². The second kappa shape index (κ2) is 3.20. The molecule has 0 aromatic carbocycles. The van der Waals surface area contributed by atoms with Crippen LogP contribution in [0, 0.1) is 0 Å². The van der Waals surface area contributed by atoms with E-state index in [9.17, 15) is 0 Å². The Morgan fingerprint density at radius 1 is 1.33 bits per heavy atom. The van der Waals surface area contributed by atoms with E-state index in [0.717, 1.165) is 18.4 Å². The van der Waals surface area contributed by atoms with Crippen molar-refractivity contribution in [2.24, 2.45) is 0 Å². The molecule has 2 bridgehead atoms. The average molecular weight is 208 g/mol. The lowest BCUT2D eigenvalue weighted by molar-refractivity contribution is 0.138. The molecule has 0 radical (unpaired) electrons. The van der Waals surface area contributed by atoms with Crippen molar-refractivity contribution >= 4 is 5.95 Å². The quantitative estimate of drug-likeness (QED) is 0.745. The molecule has 2 saturated heterocycles. The van der Waals surface area contributed by atoms with Gasteiger partial charge in [-0.1, -0.05) is 0 Å². The summed E-state index contributed by atoms with van der Waals surface area (Å²) >= 11 is 0. The lowest BCUT2D eigenvalue weighted by Gasteiger charge is -2.35. The summed E-state index contributed by atoms with van der Waals surface area (Å²) in [7, 11) is 2.20. The Morgan fingerprint density at radius 3 is 2.87 bits per heavy atom. The van der Waals surface area contributed by atoms with Gasteiger partial charge in [-0.3, -0.25) is 4.90 Å². The number of anilines is 1. The van der Waals surface area contributed by atoms with Gasteiger partial charge in [-0.15, -0.1) is 0 Å². The number of nitrogens with zero attached hydrogens (tertiary/aromatic N) is 3. The normalized spacial score (nSPS) is 35.9. The molecule has 15 heavy (non-hydrogen) atoms. The minimum absolute atomic E-state index is 0.257. The molecule has 1 aromatic heterocycles. The van der Waals surface area contributed by atoms with E-state index in [1.54, 1.807) is 0 Å². The summed E-state index contributed by atoms with van der Waals surface area (Å²) in [6.07, 6.45) is 4.94. The fourth-order valence-corrected chi connectivity index (χ4v) is 3.12. The maximum absolute atomic E-state index is 5.49. The largest absolute Gasteiger partial charge is 0.365 e. The lowest BCUT2D eigenvalue weighted by atomic mass is 9.90. The van der Waals surface area contributed by atoms with Crippen LogP contribution in [0.5, 0.6) is 0 Å². The summed E-state index contributed by atoms with van der Waals surface area (Å²) in [5.41, 5.74) is 5.49. The fourth-order valence-electron chi connectivity index (χ4n) is 3.12. The van der Waals surface area contributed by atoms with Gasteiger partial charge < -0.3 is 10.3 Å². The van der Waals surface area contributed by atoms with Crippen LogP contribution in [0.15, 0.2) is 4.52 Å². The molecule has 2 aliphatic heterocycles. The van der Waals surface area contributed by atoms with Gasteiger partial charge in [-0.2, -0.15) is 4.98 Å². The number of likely N-dealkylation sites (N-methyl/N-ethyl adjacent to an activating group) is 1. The molecule has 2 fully saturated rings. The van der Waals surface area contributed by atoms with E-state index in [-0.39, 0.29) is 5.95 Å². The third-order valence-electron chi connectivity index (χ3n) is 3.94. The zero-order valence-corrected chi connectivity index (χ0v) is 8.89. The first-order valence-electron chi connectivity index (χ1n) is 5.56. The number of hydrogen-bond acceptors (Lipinski definition) is 5. The van der Waals surface area contributed by atoms with Gasteiger partial charge in [-0.05, 0) is 37.9 Å². The third kappa shape index (κ3) is 1.33. The summed E-state index contributed by atoms with van der Waals surface area (Å²) in [5.74, 6) is 1.37. The summed E-state index contributed by atoms with van der Waals surface area (Å²) in [6, 6.07) is 1.34. The molecule has 2 aliphatic rings. The Morgan fingerprint density at radius 2 is 2.13 bits per heavy atom. The van der Waals surface area contributed by atoms with Crippen molar-refractivity contribution in [1.29, 1.82) is 0 Å². The van der Waals surface area contributed by atoms with Crippen LogP contribution in [0.4, 0.5) is 5.95 Å².